The largest absolute Gasteiger partial charge is 0.506 e. The van der Waals surface area contributed by atoms with Gasteiger partial charge in [0.2, 0.25) is 0 Å². The van der Waals surface area contributed by atoms with E-state index in [1.165, 1.54) is 24.3 Å². The highest BCUT2D eigenvalue weighted by atomic mass is 32.3. The molecule has 0 unspecified atom stereocenters. The number of fused-ring (bicyclic) bond motifs is 2. The predicted octanol–water partition coefficient (Wildman–Crippen LogP) is 2.13. The Bertz CT molecular complexity index is 1440. The maximum atomic E-state index is 11.0. The molecular weight excluding hydrogens is 460 g/mol. The molecule has 13 heteroatoms. The van der Waals surface area contributed by atoms with Crippen LogP contribution >= 0.6 is 0 Å². The van der Waals surface area contributed by atoms with Gasteiger partial charge >= 0.3 is 21.7 Å². The second-order valence-corrected chi connectivity index (χ2v) is 7.65. The minimum absolute atomic E-state index is 0.0775. The van der Waals surface area contributed by atoms with Crippen LogP contribution in [-0.2, 0) is 10.4 Å². The molecule has 176 valence electrons. The van der Waals surface area contributed by atoms with Gasteiger partial charge in [0.05, 0.1) is 11.4 Å². The van der Waals surface area contributed by atoms with Crippen LogP contribution in [0.1, 0.15) is 11.1 Å². The molecule has 2 aromatic carbocycles. The Hall–Kier alpha value is -4.07. The van der Waals surface area contributed by atoms with Crippen molar-refractivity contribution in [2.45, 2.75) is 13.8 Å². The van der Waals surface area contributed by atoms with Crippen LogP contribution in [0.15, 0.2) is 54.8 Å². The lowest BCUT2D eigenvalue weighted by atomic mass is 10.1. The molecule has 0 aliphatic carbocycles. The predicted molar refractivity (Wildman–Crippen MR) is 121 cm³/mol. The summed E-state index contributed by atoms with van der Waals surface area (Å²) in [4.78, 5) is 22.0. The van der Waals surface area contributed by atoms with E-state index in [4.69, 9.17) is 37.8 Å². The molecule has 12 nitrogen and oxygen atoms in total. The topological polar surface area (TPSA) is 228 Å². The van der Waals surface area contributed by atoms with Crippen molar-refractivity contribution < 1.29 is 36.6 Å². The standard InChI is InChI=1S/2C10H9NO3.H2O4S/c2*1-5-2-10(13)14-9-4-8(12)7(11)3-6(5)9;1-5(2,3)4/h2*2-4,12H,11H2,1H3;(H2,1,2,3,4). The first-order valence-corrected chi connectivity index (χ1v) is 10.3. The van der Waals surface area contributed by atoms with E-state index in [-0.39, 0.29) is 22.9 Å². The Kier molecular flexibility index (Phi) is 7.33. The maximum absolute atomic E-state index is 11.0. The molecule has 0 aliphatic heterocycles. The smallest absolute Gasteiger partial charge is 0.394 e. The van der Waals surface area contributed by atoms with E-state index in [0.29, 0.717) is 11.2 Å². The fourth-order valence-corrected chi connectivity index (χ4v) is 2.74. The van der Waals surface area contributed by atoms with Crippen molar-refractivity contribution in [1.29, 1.82) is 0 Å². The number of phenolic OH excluding ortho intramolecular Hbond substituents is 2. The first kappa shape index (κ1) is 25.2. The van der Waals surface area contributed by atoms with Gasteiger partial charge in [-0.1, -0.05) is 0 Å². The molecule has 8 N–H and O–H groups in total. The van der Waals surface area contributed by atoms with Gasteiger partial charge in [0.25, 0.3) is 0 Å². The molecule has 0 aliphatic rings. The minimum atomic E-state index is -4.67. The molecule has 2 aromatic heterocycles. The Morgan fingerprint density at radius 3 is 1.30 bits per heavy atom. The van der Waals surface area contributed by atoms with Crippen LogP contribution in [0.5, 0.6) is 11.5 Å². The van der Waals surface area contributed by atoms with Crippen LogP contribution in [0.25, 0.3) is 21.9 Å². The molecule has 0 radical (unpaired) electrons. The van der Waals surface area contributed by atoms with E-state index in [0.717, 1.165) is 21.9 Å². The zero-order valence-corrected chi connectivity index (χ0v) is 18.1. The van der Waals surface area contributed by atoms with E-state index in [9.17, 15) is 19.8 Å². The second kappa shape index (κ2) is 9.60. The number of benzene rings is 2. The van der Waals surface area contributed by atoms with Crippen molar-refractivity contribution in [3.8, 4) is 11.5 Å². The first-order chi connectivity index (χ1) is 15.2. The van der Waals surface area contributed by atoms with Crippen molar-refractivity contribution >= 4 is 43.7 Å². The zero-order valence-electron chi connectivity index (χ0n) is 17.3. The van der Waals surface area contributed by atoms with Crippen LogP contribution in [0.4, 0.5) is 11.4 Å². The first-order valence-electron chi connectivity index (χ1n) is 8.91. The molecule has 0 spiro atoms. The third kappa shape index (κ3) is 6.96. The third-order valence-corrected chi connectivity index (χ3v) is 4.20. The van der Waals surface area contributed by atoms with Gasteiger partial charge in [-0.25, -0.2) is 9.59 Å². The van der Waals surface area contributed by atoms with Crippen LogP contribution in [0, 0.1) is 13.8 Å². The number of hydrogen-bond acceptors (Lipinski definition) is 10. The molecule has 0 bridgehead atoms. The number of nitrogens with two attached hydrogens (primary N) is 2. The number of rotatable bonds is 0. The summed E-state index contributed by atoms with van der Waals surface area (Å²) in [6.45, 7) is 3.57. The van der Waals surface area contributed by atoms with Gasteiger partial charge in [0.1, 0.15) is 22.7 Å². The van der Waals surface area contributed by atoms with Crippen LogP contribution < -0.4 is 22.7 Å². The Labute approximate surface area is 185 Å². The Balaban J connectivity index is 0.000000195. The van der Waals surface area contributed by atoms with Crippen molar-refractivity contribution in [3.63, 3.8) is 0 Å². The number of aryl methyl sites for hydroxylation is 2. The molecule has 0 saturated heterocycles. The summed E-state index contributed by atoms with van der Waals surface area (Å²) >= 11 is 0. The van der Waals surface area contributed by atoms with Gasteiger partial charge in [-0.3, -0.25) is 9.11 Å². The van der Waals surface area contributed by atoms with Crippen molar-refractivity contribution in [2.24, 2.45) is 0 Å². The summed E-state index contributed by atoms with van der Waals surface area (Å²) in [5, 5.41) is 20.1. The molecule has 0 atom stereocenters. The molecule has 0 fully saturated rings. The molecule has 0 saturated carbocycles. The van der Waals surface area contributed by atoms with Crippen LogP contribution in [0.2, 0.25) is 0 Å². The van der Waals surface area contributed by atoms with E-state index < -0.39 is 21.7 Å². The lowest BCUT2D eigenvalue weighted by molar-refractivity contribution is 0.381. The van der Waals surface area contributed by atoms with Gasteiger partial charge < -0.3 is 30.5 Å². The highest BCUT2D eigenvalue weighted by Gasteiger charge is 2.06. The highest BCUT2D eigenvalue weighted by molar-refractivity contribution is 7.79. The minimum Gasteiger partial charge on any atom is -0.506 e. The van der Waals surface area contributed by atoms with Crippen molar-refractivity contribution in [2.75, 3.05) is 11.5 Å². The number of phenols is 2. The average Bonchev–Trinajstić information content (AvgIpc) is 2.64. The van der Waals surface area contributed by atoms with Crippen molar-refractivity contribution in [3.05, 3.63) is 68.4 Å². The molecular formula is C20H20N2O10S. The molecule has 4 aromatic rings. The SMILES string of the molecule is Cc1cc(=O)oc2cc(O)c(N)cc12.Cc1cc(=O)oc2cc(O)c(N)cc12.O=S(=O)(O)O. The summed E-state index contributed by atoms with van der Waals surface area (Å²) in [7, 11) is -4.67. The summed E-state index contributed by atoms with van der Waals surface area (Å²) in [6.07, 6.45) is 0. The zero-order chi connectivity index (χ0) is 25.1. The van der Waals surface area contributed by atoms with Gasteiger partial charge in [-0.05, 0) is 37.1 Å². The number of hydrogen-bond donors (Lipinski definition) is 6. The molecule has 4 rings (SSSR count). The van der Waals surface area contributed by atoms with Gasteiger partial charge in [-0.15, -0.1) is 0 Å². The quantitative estimate of drug-likeness (QED) is 0.0920. The molecule has 33 heavy (non-hydrogen) atoms. The average molecular weight is 480 g/mol. The van der Waals surface area contributed by atoms with E-state index in [2.05, 4.69) is 0 Å². The van der Waals surface area contributed by atoms with Gasteiger partial charge in [0.15, 0.2) is 0 Å². The van der Waals surface area contributed by atoms with E-state index >= 15 is 0 Å². The molecule has 2 heterocycles. The summed E-state index contributed by atoms with van der Waals surface area (Å²) in [5.41, 5.74) is 13.0. The highest BCUT2D eigenvalue weighted by Crippen LogP contribution is 2.28. The van der Waals surface area contributed by atoms with E-state index in [1.54, 1.807) is 26.0 Å². The molecule has 0 amide bonds. The van der Waals surface area contributed by atoms with Gasteiger partial charge in [-0.2, -0.15) is 8.42 Å². The summed E-state index contributed by atoms with van der Waals surface area (Å²) in [6, 6.07) is 8.64. The van der Waals surface area contributed by atoms with E-state index in [1.807, 2.05) is 0 Å². The second-order valence-electron chi connectivity index (χ2n) is 6.76. The maximum Gasteiger partial charge on any atom is 0.394 e. The Morgan fingerprint density at radius 1 is 0.697 bits per heavy atom. The lowest BCUT2D eigenvalue weighted by Gasteiger charge is -2.03. The van der Waals surface area contributed by atoms with Crippen LogP contribution in [-0.4, -0.2) is 27.7 Å². The monoisotopic (exact) mass is 480 g/mol. The third-order valence-electron chi connectivity index (χ3n) is 4.20. The van der Waals surface area contributed by atoms with Crippen molar-refractivity contribution in [1.82, 2.24) is 0 Å². The lowest BCUT2D eigenvalue weighted by Crippen LogP contribution is -1.98. The Morgan fingerprint density at radius 2 is 1.00 bits per heavy atom. The fourth-order valence-electron chi connectivity index (χ4n) is 2.74. The van der Waals surface area contributed by atoms with Gasteiger partial charge in [0, 0.05) is 35.0 Å². The number of anilines is 2. The van der Waals surface area contributed by atoms with Crippen LogP contribution in [0.3, 0.4) is 0 Å². The summed E-state index contributed by atoms with van der Waals surface area (Å²) in [5.74, 6) is -0.155. The number of aromatic hydroxyl groups is 2. The normalized spacial score (nSPS) is 10.8. The fraction of sp³-hybridized carbons (Fsp3) is 0.100. The number of nitrogen functional groups attached to an aromatic ring is 2. The summed E-state index contributed by atoms with van der Waals surface area (Å²) < 4.78 is 41.4.